The third-order valence-electron chi connectivity index (χ3n) is 4.88. The third kappa shape index (κ3) is 6.36. The van der Waals surface area contributed by atoms with Crippen molar-refractivity contribution in [2.75, 3.05) is 45.4 Å². The Morgan fingerprint density at radius 3 is 2.03 bits per heavy atom. The average Bonchev–Trinajstić information content (AvgIpc) is 2.76. The summed E-state index contributed by atoms with van der Waals surface area (Å²) in [7, 11) is -1.67. The van der Waals surface area contributed by atoms with Crippen LogP contribution >= 0.6 is 0 Å². The first-order valence-corrected chi connectivity index (χ1v) is 13.1. The maximum atomic E-state index is 12.7. The highest BCUT2D eigenvalue weighted by Crippen LogP contribution is 2.30. The number of ether oxygens (including phenoxy) is 2. The van der Waals surface area contributed by atoms with E-state index in [1.165, 1.54) is 52.6 Å². The van der Waals surface area contributed by atoms with E-state index < -0.39 is 38.5 Å². The van der Waals surface area contributed by atoms with Crippen molar-refractivity contribution >= 4 is 31.6 Å². The molecule has 0 saturated heterocycles. The molecule has 0 fully saturated rings. The summed E-state index contributed by atoms with van der Waals surface area (Å²) in [5, 5.41) is 2.76. The number of nitrogens with one attached hydrogen (secondary N) is 1. The van der Waals surface area contributed by atoms with Gasteiger partial charge in [0.25, 0.3) is 0 Å². The second-order valence-corrected chi connectivity index (χ2v) is 11.5. The maximum Gasteiger partial charge on any atom is 0.242 e. The second-order valence-electron chi connectivity index (χ2n) is 7.45. The van der Waals surface area contributed by atoms with Crippen molar-refractivity contribution in [1.29, 1.82) is 0 Å². The molecule has 1 amide bonds. The molecule has 1 unspecified atom stereocenters. The first kappa shape index (κ1) is 26.4. The normalized spacial score (nSPS) is 12.8. The fourth-order valence-corrected chi connectivity index (χ4v) is 4.78. The first-order valence-electron chi connectivity index (χ1n) is 9.82. The number of sulfonamides is 2. The minimum Gasteiger partial charge on any atom is -0.493 e. The number of carbonyl (C=O) groups excluding carboxylic acids is 1. The van der Waals surface area contributed by atoms with Gasteiger partial charge in [-0.25, -0.2) is 21.1 Å². The number of carbonyl (C=O) groups is 1. The lowest BCUT2D eigenvalue weighted by atomic mass is 10.1. The minimum absolute atomic E-state index is 0.0104. The molecule has 1 atom stereocenters. The van der Waals surface area contributed by atoms with Crippen LogP contribution in [0.4, 0.5) is 5.69 Å². The second kappa shape index (κ2) is 10.4. The molecule has 182 valence electrons. The number of amides is 1. The van der Waals surface area contributed by atoms with Gasteiger partial charge in [0.05, 0.1) is 37.1 Å². The highest BCUT2D eigenvalue weighted by molar-refractivity contribution is 7.92. The molecule has 0 bridgehead atoms. The lowest BCUT2D eigenvalue weighted by Crippen LogP contribution is -2.41. The van der Waals surface area contributed by atoms with E-state index in [0.717, 1.165) is 20.4 Å². The molecule has 2 rings (SSSR count). The summed E-state index contributed by atoms with van der Waals surface area (Å²) in [5.41, 5.74) is 0.911. The van der Waals surface area contributed by atoms with E-state index in [2.05, 4.69) is 5.32 Å². The Labute approximate surface area is 195 Å². The standard InChI is InChI=1S/C21H29N3O7S2/c1-15(16-7-12-19(30-4)20(13-16)31-5)22-21(25)14-24(32(6,26)27)17-8-10-18(11-9-17)33(28,29)23(2)3/h7-13,15H,14H2,1-6H3,(H,22,25). The number of nitrogens with zero attached hydrogens (tertiary/aromatic N) is 2. The molecule has 0 radical (unpaired) electrons. The van der Waals surface area contributed by atoms with Crippen molar-refractivity contribution in [3.8, 4) is 11.5 Å². The highest BCUT2D eigenvalue weighted by atomic mass is 32.2. The summed E-state index contributed by atoms with van der Waals surface area (Å²) in [6.45, 7) is 1.28. The molecule has 0 aromatic heterocycles. The van der Waals surface area contributed by atoms with Crippen molar-refractivity contribution in [2.24, 2.45) is 0 Å². The Bertz CT molecular complexity index is 1190. The third-order valence-corrected chi connectivity index (χ3v) is 7.85. The van der Waals surface area contributed by atoms with Gasteiger partial charge in [0, 0.05) is 14.1 Å². The molecule has 10 nitrogen and oxygen atoms in total. The van der Waals surface area contributed by atoms with Crippen LogP contribution in [0.25, 0.3) is 0 Å². The van der Waals surface area contributed by atoms with E-state index in [0.29, 0.717) is 11.5 Å². The van der Waals surface area contributed by atoms with Crippen LogP contribution in [0.15, 0.2) is 47.4 Å². The molecule has 2 aromatic rings. The van der Waals surface area contributed by atoms with Crippen LogP contribution in [0.5, 0.6) is 11.5 Å². The number of hydrogen-bond donors (Lipinski definition) is 1. The van der Waals surface area contributed by atoms with Crippen molar-refractivity contribution in [1.82, 2.24) is 9.62 Å². The average molecular weight is 500 g/mol. The molecule has 33 heavy (non-hydrogen) atoms. The molecule has 0 heterocycles. The van der Waals surface area contributed by atoms with E-state index in [-0.39, 0.29) is 10.6 Å². The molecule has 1 N–H and O–H groups in total. The van der Waals surface area contributed by atoms with Crippen molar-refractivity contribution < 1.29 is 31.1 Å². The summed E-state index contributed by atoms with van der Waals surface area (Å²) in [6, 6.07) is 10.1. The summed E-state index contributed by atoms with van der Waals surface area (Å²) >= 11 is 0. The van der Waals surface area contributed by atoms with Gasteiger partial charge in [-0.05, 0) is 48.9 Å². The number of methoxy groups -OCH3 is 2. The van der Waals surface area contributed by atoms with Gasteiger partial charge in [-0.15, -0.1) is 0 Å². The van der Waals surface area contributed by atoms with Crippen LogP contribution in [-0.2, 0) is 24.8 Å². The predicted octanol–water partition coefficient (Wildman–Crippen LogP) is 1.60. The Kier molecular flexibility index (Phi) is 8.33. The largest absolute Gasteiger partial charge is 0.493 e. The van der Waals surface area contributed by atoms with Gasteiger partial charge in [-0.2, -0.15) is 0 Å². The Morgan fingerprint density at radius 1 is 0.970 bits per heavy atom. The number of benzene rings is 2. The SMILES string of the molecule is COc1ccc(C(C)NC(=O)CN(c2ccc(S(=O)(=O)N(C)C)cc2)S(C)(=O)=O)cc1OC. The minimum atomic E-state index is -3.82. The van der Waals surface area contributed by atoms with Gasteiger partial charge in [0.1, 0.15) is 6.54 Å². The van der Waals surface area contributed by atoms with E-state index in [1.54, 1.807) is 25.1 Å². The predicted molar refractivity (Wildman–Crippen MR) is 126 cm³/mol. The summed E-state index contributed by atoms with van der Waals surface area (Å²) < 4.78 is 61.6. The van der Waals surface area contributed by atoms with Crippen LogP contribution in [0.1, 0.15) is 18.5 Å². The molecule has 0 aliphatic rings. The molecular weight excluding hydrogens is 470 g/mol. The fraction of sp³-hybridized carbons (Fsp3) is 0.381. The lowest BCUT2D eigenvalue weighted by Gasteiger charge is -2.24. The number of hydrogen-bond acceptors (Lipinski definition) is 7. The molecule has 0 spiro atoms. The number of anilines is 1. The molecule has 0 aliphatic carbocycles. The Morgan fingerprint density at radius 2 is 1.55 bits per heavy atom. The monoisotopic (exact) mass is 499 g/mol. The number of rotatable bonds is 10. The topological polar surface area (TPSA) is 122 Å². The first-order chi connectivity index (χ1) is 15.3. The van der Waals surface area contributed by atoms with E-state index >= 15 is 0 Å². The molecular formula is C21H29N3O7S2. The smallest absolute Gasteiger partial charge is 0.242 e. The van der Waals surface area contributed by atoms with Crippen molar-refractivity contribution in [3.63, 3.8) is 0 Å². The lowest BCUT2D eigenvalue weighted by molar-refractivity contribution is -0.120. The zero-order chi connectivity index (χ0) is 25.0. The maximum absolute atomic E-state index is 12.7. The molecule has 0 aliphatic heterocycles. The molecule has 2 aromatic carbocycles. The van der Waals surface area contributed by atoms with Crippen molar-refractivity contribution in [3.05, 3.63) is 48.0 Å². The van der Waals surface area contributed by atoms with Crippen LogP contribution in [0, 0.1) is 0 Å². The van der Waals surface area contributed by atoms with Crippen LogP contribution in [0.3, 0.4) is 0 Å². The van der Waals surface area contributed by atoms with Gasteiger partial charge in [0.15, 0.2) is 11.5 Å². The zero-order valence-corrected chi connectivity index (χ0v) is 21.0. The highest BCUT2D eigenvalue weighted by Gasteiger charge is 2.24. The van der Waals surface area contributed by atoms with Crippen LogP contribution in [0.2, 0.25) is 0 Å². The Hall–Kier alpha value is -2.83. The van der Waals surface area contributed by atoms with Crippen LogP contribution in [-0.4, -0.2) is 68.2 Å². The van der Waals surface area contributed by atoms with Crippen LogP contribution < -0.4 is 19.1 Å². The van der Waals surface area contributed by atoms with Gasteiger partial charge in [-0.1, -0.05) is 6.07 Å². The molecule has 0 saturated carbocycles. The van der Waals surface area contributed by atoms with Gasteiger partial charge in [0.2, 0.25) is 26.0 Å². The summed E-state index contributed by atoms with van der Waals surface area (Å²) in [4.78, 5) is 12.7. The van der Waals surface area contributed by atoms with E-state index in [9.17, 15) is 21.6 Å². The van der Waals surface area contributed by atoms with Crippen molar-refractivity contribution in [2.45, 2.75) is 17.9 Å². The molecule has 12 heteroatoms. The van der Waals surface area contributed by atoms with Gasteiger partial charge < -0.3 is 14.8 Å². The summed E-state index contributed by atoms with van der Waals surface area (Å²) in [6.07, 6.45) is 0.975. The zero-order valence-electron chi connectivity index (χ0n) is 19.4. The van der Waals surface area contributed by atoms with E-state index in [1.807, 2.05) is 0 Å². The summed E-state index contributed by atoms with van der Waals surface area (Å²) in [5.74, 6) is 0.511. The quantitative estimate of drug-likeness (QED) is 0.527. The van der Waals surface area contributed by atoms with Gasteiger partial charge in [-0.3, -0.25) is 9.10 Å². The fourth-order valence-electron chi connectivity index (χ4n) is 3.02. The Balaban J connectivity index is 2.22. The van der Waals surface area contributed by atoms with Gasteiger partial charge >= 0.3 is 0 Å². The van der Waals surface area contributed by atoms with E-state index in [4.69, 9.17) is 9.47 Å².